The van der Waals surface area contributed by atoms with Crippen LogP contribution in [-0.2, 0) is 0 Å². The van der Waals surface area contributed by atoms with Gasteiger partial charge in [-0.1, -0.05) is 72.8 Å². The van der Waals surface area contributed by atoms with Crippen LogP contribution in [0.15, 0.2) is 162 Å². The molecule has 0 radical (unpaired) electrons. The highest BCUT2D eigenvalue weighted by Crippen LogP contribution is 2.39. The lowest BCUT2D eigenvalue weighted by Crippen LogP contribution is -1.99. The Bertz CT molecular complexity index is 2830. The van der Waals surface area contributed by atoms with E-state index < -0.39 is 0 Å². The number of pyridine rings is 2. The first-order valence-corrected chi connectivity index (χ1v) is 16.1. The number of rotatable bonds is 5. The minimum Gasteiger partial charge on any atom is -0.416 e. The molecule has 230 valence electrons. The zero-order valence-corrected chi connectivity index (χ0v) is 26.1. The Morgan fingerprint density at radius 1 is 0.490 bits per heavy atom. The van der Waals surface area contributed by atoms with Crippen LogP contribution in [0, 0.1) is 0 Å². The largest absolute Gasteiger partial charge is 0.416 e. The zero-order valence-electron chi connectivity index (χ0n) is 26.1. The Morgan fingerprint density at radius 2 is 1.20 bits per heavy atom. The summed E-state index contributed by atoms with van der Waals surface area (Å²) in [5.74, 6) is 1.70. The summed E-state index contributed by atoms with van der Waals surface area (Å²) in [7, 11) is 0. The summed E-state index contributed by atoms with van der Waals surface area (Å²) in [6.07, 6.45) is 3.60. The average molecular weight is 631 g/mol. The second-order valence-corrected chi connectivity index (χ2v) is 12.0. The molecule has 0 unspecified atom stereocenters. The molecule has 0 saturated carbocycles. The van der Waals surface area contributed by atoms with Crippen molar-refractivity contribution in [3.05, 3.63) is 158 Å². The fraction of sp³-hybridized carbons (Fsp3) is 0. The number of fused-ring (bicyclic) bond motifs is 6. The number of benzene rings is 5. The van der Waals surface area contributed by atoms with E-state index in [1.807, 2.05) is 54.7 Å². The minimum atomic E-state index is 0.444. The van der Waals surface area contributed by atoms with Crippen LogP contribution in [0.1, 0.15) is 0 Å². The third-order valence-electron chi connectivity index (χ3n) is 9.20. The van der Waals surface area contributed by atoms with Crippen molar-refractivity contribution in [1.29, 1.82) is 0 Å². The van der Waals surface area contributed by atoms with Crippen LogP contribution in [0.2, 0.25) is 0 Å². The van der Waals surface area contributed by atoms with Crippen LogP contribution in [0.3, 0.4) is 0 Å². The molecule has 7 heteroatoms. The Hall–Kier alpha value is -6.86. The highest BCUT2D eigenvalue weighted by Gasteiger charge is 2.21. The number of para-hydroxylation sites is 4. The lowest BCUT2D eigenvalue weighted by Gasteiger charge is -2.10. The van der Waals surface area contributed by atoms with Crippen molar-refractivity contribution in [2.24, 2.45) is 0 Å². The predicted octanol–water partition coefficient (Wildman–Crippen LogP) is 10.1. The van der Waals surface area contributed by atoms with Gasteiger partial charge in [-0.15, -0.1) is 10.2 Å². The summed E-state index contributed by atoms with van der Waals surface area (Å²) in [6.45, 7) is 0. The van der Waals surface area contributed by atoms with Gasteiger partial charge in [0.1, 0.15) is 5.82 Å². The van der Waals surface area contributed by atoms with E-state index in [-0.39, 0.29) is 0 Å². The predicted molar refractivity (Wildman–Crippen MR) is 195 cm³/mol. The van der Waals surface area contributed by atoms with Gasteiger partial charge in [0.25, 0.3) is 0 Å². The monoisotopic (exact) mass is 630 g/mol. The molecular weight excluding hydrogens is 605 g/mol. The lowest BCUT2D eigenvalue weighted by atomic mass is 10.1. The normalized spacial score (nSPS) is 11.7. The van der Waals surface area contributed by atoms with Crippen molar-refractivity contribution in [3.63, 3.8) is 0 Å². The van der Waals surface area contributed by atoms with E-state index in [0.717, 1.165) is 72.1 Å². The fourth-order valence-corrected chi connectivity index (χ4v) is 7.06. The van der Waals surface area contributed by atoms with Crippen molar-refractivity contribution in [2.75, 3.05) is 0 Å². The zero-order chi connectivity index (χ0) is 32.3. The Morgan fingerprint density at radius 3 is 2.04 bits per heavy atom. The van der Waals surface area contributed by atoms with Gasteiger partial charge >= 0.3 is 0 Å². The smallest absolute Gasteiger partial charge is 0.250 e. The molecule has 0 saturated heterocycles. The maximum Gasteiger partial charge on any atom is 0.250 e. The first kappa shape index (κ1) is 27.3. The molecule has 5 heterocycles. The molecule has 5 aromatic heterocycles. The van der Waals surface area contributed by atoms with Gasteiger partial charge in [0.2, 0.25) is 11.8 Å². The summed E-state index contributed by atoms with van der Waals surface area (Å²) >= 11 is 0. The van der Waals surface area contributed by atoms with Crippen LogP contribution in [0.25, 0.3) is 89.3 Å². The van der Waals surface area contributed by atoms with Gasteiger partial charge in [0.15, 0.2) is 0 Å². The minimum absolute atomic E-state index is 0.444. The first-order chi connectivity index (χ1) is 24.3. The first-order valence-electron chi connectivity index (χ1n) is 16.1. The third kappa shape index (κ3) is 4.29. The molecule has 0 fully saturated rings. The molecule has 10 aromatic rings. The maximum absolute atomic E-state index is 6.53. The molecule has 0 atom stereocenters. The van der Waals surface area contributed by atoms with Gasteiger partial charge in [-0.2, -0.15) is 0 Å². The van der Waals surface area contributed by atoms with Crippen molar-refractivity contribution in [2.45, 2.75) is 0 Å². The van der Waals surface area contributed by atoms with Gasteiger partial charge in [-0.05, 0) is 72.8 Å². The van der Waals surface area contributed by atoms with Gasteiger partial charge in [0.05, 0.1) is 33.3 Å². The molecule has 5 aromatic carbocycles. The van der Waals surface area contributed by atoms with E-state index in [2.05, 4.69) is 121 Å². The van der Waals surface area contributed by atoms with Crippen LogP contribution in [0.4, 0.5) is 0 Å². The van der Waals surface area contributed by atoms with E-state index in [1.54, 1.807) is 6.20 Å². The van der Waals surface area contributed by atoms with Crippen LogP contribution < -0.4 is 0 Å². The van der Waals surface area contributed by atoms with Gasteiger partial charge < -0.3 is 8.98 Å². The molecule has 7 nitrogen and oxygen atoms in total. The Labute approximate surface area is 280 Å². The quantitative estimate of drug-likeness (QED) is 0.189. The van der Waals surface area contributed by atoms with Crippen LogP contribution >= 0.6 is 0 Å². The molecule has 49 heavy (non-hydrogen) atoms. The number of aromatic nitrogens is 6. The topological polar surface area (TPSA) is 74.6 Å². The molecule has 0 spiro atoms. The molecule has 10 rings (SSSR count). The molecule has 0 aliphatic rings. The summed E-state index contributed by atoms with van der Waals surface area (Å²) < 4.78 is 11.0. The number of nitrogens with zero attached hydrogens (tertiary/aromatic N) is 6. The molecule has 0 aliphatic carbocycles. The van der Waals surface area contributed by atoms with Crippen molar-refractivity contribution < 1.29 is 4.42 Å². The summed E-state index contributed by atoms with van der Waals surface area (Å²) in [4.78, 5) is 9.41. The molecule has 0 amide bonds. The van der Waals surface area contributed by atoms with E-state index in [1.165, 1.54) is 5.39 Å². The second-order valence-electron chi connectivity index (χ2n) is 12.0. The van der Waals surface area contributed by atoms with Gasteiger partial charge in [-0.25, -0.2) is 4.98 Å². The van der Waals surface area contributed by atoms with E-state index >= 15 is 0 Å². The van der Waals surface area contributed by atoms with Crippen molar-refractivity contribution in [1.82, 2.24) is 29.3 Å². The van der Waals surface area contributed by atoms with Crippen LogP contribution in [-0.4, -0.2) is 29.3 Å². The fourth-order valence-electron chi connectivity index (χ4n) is 7.06. The maximum atomic E-state index is 6.53. The third-order valence-corrected chi connectivity index (χ3v) is 9.20. The molecule has 0 bridgehead atoms. The average Bonchev–Trinajstić information content (AvgIpc) is 3.89. The molecular formula is C42H26N6O. The number of hydrogen-bond donors (Lipinski definition) is 0. The molecule has 0 aliphatic heterocycles. The van der Waals surface area contributed by atoms with Gasteiger partial charge in [-0.3, -0.25) is 9.55 Å². The summed E-state index contributed by atoms with van der Waals surface area (Å²) in [5, 5.41) is 13.7. The number of hydrogen-bond acceptors (Lipinski definition) is 5. The summed E-state index contributed by atoms with van der Waals surface area (Å²) in [6, 6.07) is 49.9. The SMILES string of the molecule is c1ccc(-n2c3ccccc3c3cc(-c4nnc(-c5cccc6c7ccccc7n(-c7cccc(-c8cccnc8)n7)c56)o4)ccc32)cc1. The standard InChI is InChI=1S/C42H26N6O/c1-2-12-29(13-3-1)47-36-19-6-5-15-31(36)34-25-27(22-23-38(34)47)41-45-46-42(49-41)33-17-8-16-32-30-14-4-7-20-37(30)48(40(32)33)39-21-9-18-35(44-39)28-11-10-24-43-26-28/h1-26H. The Kier molecular flexibility index (Phi) is 6.04. The Balaban J connectivity index is 1.14. The van der Waals surface area contributed by atoms with E-state index in [4.69, 9.17) is 9.40 Å². The van der Waals surface area contributed by atoms with Gasteiger partial charge in [0, 0.05) is 50.8 Å². The summed E-state index contributed by atoms with van der Waals surface area (Å²) in [5.41, 5.74) is 8.87. The molecule has 0 N–H and O–H groups in total. The van der Waals surface area contributed by atoms with Crippen LogP contribution in [0.5, 0.6) is 0 Å². The highest BCUT2D eigenvalue weighted by molar-refractivity contribution is 6.13. The van der Waals surface area contributed by atoms with Crippen molar-refractivity contribution in [3.8, 4) is 45.7 Å². The van der Waals surface area contributed by atoms with E-state index in [9.17, 15) is 0 Å². The lowest BCUT2D eigenvalue weighted by molar-refractivity contribution is 0.585. The highest BCUT2D eigenvalue weighted by atomic mass is 16.4. The van der Waals surface area contributed by atoms with E-state index in [0.29, 0.717) is 11.8 Å². The second kappa shape index (κ2) is 10.9. The van der Waals surface area contributed by atoms with Crippen molar-refractivity contribution >= 4 is 43.6 Å².